The molecule has 2 aromatic carbocycles. The van der Waals surface area contributed by atoms with E-state index in [4.69, 9.17) is 0 Å². The summed E-state index contributed by atoms with van der Waals surface area (Å²) in [6.07, 6.45) is 6.07. The fourth-order valence-electron chi connectivity index (χ4n) is 4.92. The number of nitrogens with one attached hydrogen (secondary N) is 2. The van der Waals surface area contributed by atoms with E-state index in [2.05, 4.69) is 10.6 Å². The first-order chi connectivity index (χ1) is 16.1. The Balaban J connectivity index is 1.22. The minimum Gasteiger partial charge on any atom is -0.352 e. The highest BCUT2D eigenvalue weighted by molar-refractivity contribution is 5.94. The summed E-state index contributed by atoms with van der Waals surface area (Å²) in [6.45, 7) is 0.657. The van der Waals surface area contributed by atoms with Crippen molar-refractivity contribution in [1.82, 2.24) is 15.5 Å². The third-order valence-electron chi connectivity index (χ3n) is 6.79. The van der Waals surface area contributed by atoms with Crippen LogP contribution >= 0.6 is 0 Å². The Kier molecular flexibility index (Phi) is 7.76. The summed E-state index contributed by atoms with van der Waals surface area (Å²) in [6, 6.07) is 19.1. The fraction of sp³-hybridized carbons (Fsp3) is 0.444. The number of benzene rings is 2. The van der Waals surface area contributed by atoms with Crippen LogP contribution in [0.4, 0.5) is 0 Å². The Morgan fingerprint density at radius 2 is 1.39 bits per heavy atom. The Morgan fingerprint density at radius 3 is 2.06 bits per heavy atom. The molecule has 0 bridgehead atoms. The van der Waals surface area contributed by atoms with Crippen molar-refractivity contribution in [3.05, 3.63) is 71.8 Å². The number of nitrogens with zero attached hydrogens (tertiary/aromatic N) is 1. The van der Waals surface area contributed by atoms with Gasteiger partial charge in [0.25, 0.3) is 5.91 Å². The summed E-state index contributed by atoms with van der Waals surface area (Å²) in [5, 5.41) is 6.29. The molecule has 3 amide bonds. The number of amides is 3. The van der Waals surface area contributed by atoms with Gasteiger partial charge in [-0.05, 0) is 62.6 Å². The second-order valence-corrected chi connectivity index (χ2v) is 9.13. The maximum Gasteiger partial charge on any atom is 0.251 e. The normalized spacial score (nSPS) is 22.5. The number of hydrogen-bond donors (Lipinski definition) is 2. The molecule has 2 aliphatic rings. The molecular weight excluding hydrogens is 414 g/mol. The van der Waals surface area contributed by atoms with E-state index in [1.807, 2.05) is 60.7 Å². The first kappa shape index (κ1) is 23.0. The van der Waals surface area contributed by atoms with Crippen molar-refractivity contribution >= 4 is 17.7 Å². The second-order valence-electron chi connectivity index (χ2n) is 9.13. The molecule has 1 saturated carbocycles. The van der Waals surface area contributed by atoms with Crippen molar-refractivity contribution < 1.29 is 14.4 Å². The molecule has 0 aromatic heterocycles. The van der Waals surface area contributed by atoms with Gasteiger partial charge in [-0.25, -0.2) is 0 Å². The van der Waals surface area contributed by atoms with Crippen molar-refractivity contribution in [3.63, 3.8) is 0 Å². The zero-order valence-electron chi connectivity index (χ0n) is 19.0. The van der Waals surface area contributed by atoms with Crippen LogP contribution in [0.3, 0.4) is 0 Å². The lowest BCUT2D eigenvalue weighted by atomic mass is 9.90. The van der Waals surface area contributed by atoms with E-state index in [1.165, 1.54) is 0 Å². The van der Waals surface area contributed by atoms with Crippen molar-refractivity contribution in [2.75, 3.05) is 6.54 Å². The molecule has 1 aliphatic heterocycles. The Hall–Kier alpha value is -3.15. The maximum atomic E-state index is 13.0. The van der Waals surface area contributed by atoms with E-state index in [9.17, 15) is 14.4 Å². The average molecular weight is 448 g/mol. The number of hydrogen-bond acceptors (Lipinski definition) is 3. The highest BCUT2D eigenvalue weighted by Gasteiger charge is 2.35. The quantitative estimate of drug-likeness (QED) is 0.682. The van der Waals surface area contributed by atoms with Crippen LogP contribution in [0, 0.1) is 0 Å². The predicted molar refractivity (Wildman–Crippen MR) is 128 cm³/mol. The third-order valence-corrected chi connectivity index (χ3v) is 6.79. The Bertz CT molecular complexity index is 940. The fourth-order valence-corrected chi connectivity index (χ4v) is 4.92. The summed E-state index contributed by atoms with van der Waals surface area (Å²) in [5.41, 5.74) is 1.81. The van der Waals surface area contributed by atoms with Crippen molar-refractivity contribution in [2.24, 2.45) is 0 Å². The molecule has 0 radical (unpaired) electrons. The molecule has 1 aliphatic carbocycles. The number of carbonyl (C=O) groups is 3. The minimum absolute atomic E-state index is 0.0302. The first-order valence-corrected chi connectivity index (χ1v) is 12.1. The standard InChI is InChI=1S/C27H33N3O3/c31-25(18-13-20-8-3-1-4-9-20)30-19-7-12-24(30)27(33)29-23-16-14-22(15-17-23)28-26(32)21-10-5-2-6-11-21/h1-6,8-11,22-24H,7,12-19H2,(H,28,32)(H,29,33)/t22?,23?,24-/m1/s1. The summed E-state index contributed by atoms with van der Waals surface area (Å²) in [7, 11) is 0. The van der Waals surface area contributed by atoms with Crippen molar-refractivity contribution in [2.45, 2.75) is 69.5 Å². The number of likely N-dealkylation sites (tertiary alicyclic amines) is 1. The molecule has 1 atom stereocenters. The van der Waals surface area contributed by atoms with Crippen LogP contribution in [-0.2, 0) is 16.0 Å². The second kappa shape index (κ2) is 11.1. The molecule has 1 saturated heterocycles. The third kappa shape index (κ3) is 6.21. The van der Waals surface area contributed by atoms with E-state index >= 15 is 0 Å². The zero-order valence-corrected chi connectivity index (χ0v) is 19.0. The van der Waals surface area contributed by atoms with Crippen LogP contribution in [0.5, 0.6) is 0 Å². The minimum atomic E-state index is -0.358. The molecule has 0 unspecified atom stereocenters. The van der Waals surface area contributed by atoms with Crippen LogP contribution in [-0.4, -0.2) is 47.3 Å². The van der Waals surface area contributed by atoms with Gasteiger partial charge in [0.05, 0.1) is 0 Å². The lowest BCUT2D eigenvalue weighted by Gasteiger charge is -2.31. The lowest BCUT2D eigenvalue weighted by molar-refractivity contribution is -0.138. The van der Waals surface area contributed by atoms with Gasteiger partial charge in [0, 0.05) is 30.6 Å². The van der Waals surface area contributed by atoms with E-state index in [0.717, 1.165) is 44.1 Å². The monoisotopic (exact) mass is 447 g/mol. The van der Waals surface area contributed by atoms with Crippen molar-refractivity contribution in [3.8, 4) is 0 Å². The van der Waals surface area contributed by atoms with Gasteiger partial charge in [-0.1, -0.05) is 48.5 Å². The topological polar surface area (TPSA) is 78.5 Å². The maximum absolute atomic E-state index is 13.0. The van der Waals surface area contributed by atoms with Crippen LogP contribution < -0.4 is 10.6 Å². The molecule has 4 rings (SSSR count). The van der Waals surface area contributed by atoms with Crippen LogP contribution in [0.25, 0.3) is 0 Å². The summed E-state index contributed by atoms with van der Waals surface area (Å²) in [5.74, 6) is -0.0140. The number of rotatable bonds is 7. The highest BCUT2D eigenvalue weighted by atomic mass is 16.2. The average Bonchev–Trinajstić information content (AvgIpc) is 3.35. The predicted octanol–water partition coefficient (Wildman–Crippen LogP) is 3.47. The molecule has 6 heteroatoms. The molecular formula is C27H33N3O3. The van der Waals surface area contributed by atoms with Gasteiger partial charge in [-0.2, -0.15) is 0 Å². The van der Waals surface area contributed by atoms with Crippen molar-refractivity contribution in [1.29, 1.82) is 0 Å². The summed E-state index contributed by atoms with van der Waals surface area (Å²) in [4.78, 5) is 39.9. The molecule has 2 fully saturated rings. The smallest absolute Gasteiger partial charge is 0.251 e. The molecule has 2 aromatic rings. The van der Waals surface area contributed by atoms with Gasteiger partial charge in [-0.15, -0.1) is 0 Å². The molecule has 0 spiro atoms. The Labute approximate surface area is 195 Å². The molecule has 1 heterocycles. The largest absolute Gasteiger partial charge is 0.352 e. The molecule has 2 N–H and O–H groups in total. The van der Waals surface area contributed by atoms with E-state index in [-0.39, 0.29) is 35.8 Å². The van der Waals surface area contributed by atoms with Gasteiger partial charge in [0.2, 0.25) is 11.8 Å². The van der Waals surface area contributed by atoms with Gasteiger partial charge in [0.1, 0.15) is 6.04 Å². The van der Waals surface area contributed by atoms with E-state index in [1.54, 1.807) is 4.90 Å². The zero-order chi connectivity index (χ0) is 23.0. The van der Waals surface area contributed by atoms with E-state index in [0.29, 0.717) is 24.9 Å². The Morgan fingerprint density at radius 1 is 0.788 bits per heavy atom. The van der Waals surface area contributed by atoms with Gasteiger partial charge < -0.3 is 15.5 Å². The summed E-state index contributed by atoms with van der Waals surface area (Å²) < 4.78 is 0. The van der Waals surface area contributed by atoms with Gasteiger partial charge in [0.15, 0.2) is 0 Å². The molecule has 174 valence electrons. The summed E-state index contributed by atoms with van der Waals surface area (Å²) >= 11 is 0. The SMILES string of the molecule is O=C(NC1CCC(NC(=O)[C@H]2CCCN2C(=O)CCc2ccccc2)CC1)c1ccccc1. The molecule has 6 nitrogen and oxygen atoms in total. The number of aryl methyl sites for hydroxylation is 1. The molecule has 33 heavy (non-hydrogen) atoms. The van der Waals surface area contributed by atoms with Crippen LogP contribution in [0.15, 0.2) is 60.7 Å². The van der Waals surface area contributed by atoms with Gasteiger partial charge in [-0.3, -0.25) is 14.4 Å². The van der Waals surface area contributed by atoms with Crippen LogP contribution in [0.2, 0.25) is 0 Å². The van der Waals surface area contributed by atoms with Crippen LogP contribution in [0.1, 0.15) is 60.9 Å². The first-order valence-electron chi connectivity index (χ1n) is 12.1. The number of carbonyl (C=O) groups excluding carboxylic acids is 3. The lowest BCUT2D eigenvalue weighted by Crippen LogP contribution is -2.50. The van der Waals surface area contributed by atoms with E-state index < -0.39 is 0 Å². The van der Waals surface area contributed by atoms with Gasteiger partial charge >= 0.3 is 0 Å². The highest BCUT2D eigenvalue weighted by Crippen LogP contribution is 2.23.